The highest BCUT2D eigenvalue weighted by molar-refractivity contribution is 5.75. The molecule has 0 bridgehead atoms. The zero-order valence-electron chi connectivity index (χ0n) is 13.3. The Balaban J connectivity index is 2.69. The maximum absolute atomic E-state index is 12.1. The van der Waals surface area contributed by atoms with Crippen molar-refractivity contribution in [1.82, 2.24) is 4.90 Å². The number of amides is 1. The molecule has 1 amide bonds. The minimum Gasteiger partial charge on any atom is -0.466 e. The summed E-state index contributed by atoms with van der Waals surface area (Å²) in [7, 11) is 0. The molecule has 20 heavy (non-hydrogen) atoms. The third-order valence-electron chi connectivity index (χ3n) is 3.52. The lowest BCUT2D eigenvalue weighted by atomic mass is 9.84. The van der Waals surface area contributed by atoms with Crippen molar-refractivity contribution in [2.45, 2.75) is 53.1 Å². The quantitative estimate of drug-likeness (QED) is 0.748. The Morgan fingerprint density at radius 1 is 1.25 bits per heavy atom. The van der Waals surface area contributed by atoms with Gasteiger partial charge in [-0.25, -0.2) is 4.79 Å². The Morgan fingerprint density at radius 2 is 1.90 bits per heavy atom. The molecule has 1 saturated heterocycles. The van der Waals surface area contributed by atoms with Gasteiger partial charge in [-0.2, -0.15) is 0 Å². The number of likely N-dealkylation sites (tertiary alicyclic amines) is 1. The lowest BCUT2D eigenvalue weighted by Crippen LogP contribution is -2.48. The molecule has 0 saturated carbocycles. The van der Waals surface area contributed by atoms with E-state index in [0.29, 0.717) is 19.7 Å². The van der Waals surface area contributed by atoms with Gasteiger partial charge in [-0.3, -0.25) is 4.79 Å². The van der Waals surface area contributed by atoms with E-state index >= 15 is 0 Å². The van der Waals surface area contributed by atoms with Gasteiger partial charge in [-0.05, 0) is 40.0 Å². The number of esters is 1. The van der Waals surface area contributed by atoms with Gasteiger partial charge in [-0.1, -0.05) is 13.3 Å². The molecule has 1 rings (SSSR count). The van der Waals surface area contributed by atoms with Gasteiger partial charge >= 0.3 is 12.1 Å². The summed E-state index contributed by atoms with van der Waals surface area (Å²) in [5.74, 6) is -0.151. The Morgan fingerprint density at radius 3 is 2.40 bits per heavy atom. The number of rotatable bonds is 3. The highest BCUT2D eigenvalue weighted by Crippen LogP contribution is 2.28. The Hall–Kier alpha value is -1.26. The fraction of sp³-hybridized carbons (Fsp3) is 0.867. The van der Waals surface area contributed by atoms with Crippen LogP contribution in [0.3, 0.4) is 0 Å². The van der Waals surface area contributed by atoms with E-state index in [-0.39, 0.29) is 23.9 Å². The maximum atomic E-state index is 12.1. The summed E-state index contributed by atoms with van der Waals surface area (Å²) in [5, 5.41) is 0. The summed E-state index contributed by atoms with van der Waals surface area (Å²) < 4.78 is 10.5. The molecule has 116 valence electrons. The van der Waals surface area contributed by atoms with Gasteiger partial charge in [-0.15, -0.1) is 0 Å². The van der Waals surface area contributed by atoms with Crippen molar-refractivity contribution in [3.8, 4) is 0 Å². The van der Waals surface area contributed by atoms with E-state index in [1.807, 2.05) is 20.8 Å². The molecule has 5 heteroatoms. The SMILES string of the molecule is CCOC(=O)C1CN(C(=O)OC(C)(C)C)CCC1CC. The standard InChI is InChI=1S/C15H27NO4/c1-6-11-8-9-16(14(18)20-15(3,4)5)10-12(11)13(17)19-7-2/h11-12H,6-10H2,1-5H3. The predicted molar refractivity (Wildman–Crippen MR) is 76.3 cm³/mol. The molecule has 1 aliphatic rings. The minimum absolute atomic E-state index is 0.201. The van der Waals surface area contributed by atoms with E-state index in [2.05, 4.69) is 6.92 Å². The lowest BCUT2D eigenvalue weighted by molar-refractivity contribution is -0.152. The zero-order valence-corrected chi connectivity index (χ0v) is 13.3. The topological polar surface area (TPSA) is 55.8 Å². The fourth-order valence-electron chi connectivity index (χ4n) is 2.50. The van der Waals surface area contributed by atoms with Crippen LogP contribution in [0.5, 0.6) is 0 Å². The normalized spacial score (nSPS) is 23.4. The van der Waals surface area contributed by atoms with Crippen LogP contribution in [-0.4, -0.2) is 42.3 Å². The average Bonchev–Trinajstić information content (AvgIpc) is 2.36. The van der Waals surface area contributed by atoms with E-state index in [1.165, 1.54) is 0 Å². The first-order chi connectivity index (χ1) is 9.28. The van der Waals surface area contributed by atoms with E-state index in [0.717, 1.165) is 12.8 Å². The number of hydrogen-bond acceptors (Lipinski definition) is 4. The fourth-order valence-corrected chi connectivity index (χ4v) is 2.50. The summed E-state index contributed by atoms with van der Waals surface area (Å²) in [6.45, 7) is 10.8. The molecular weight excluding hydrogens is 258 g/mol. The maximum Gasteiger partial charge on any atom is 0.410 e. The number of piperidine rings is 1. The largest absolute Gasteiger partial charge is 0.466 e. The zero-order chi connectivity index (χ0) is 15.3. The molecule has 0 aromatic heterocycles. The van der Waals surface area contributed by atoms with Crippen LogP contribution in [0.15, 0.2) is 0 Å². The number of nitrogens with zero attached hydrogens (tertiary/aromatic N) is 1. The lowest BCUT2D eigenvalue weighted by Gasteiger charge is -2.37. The van der Waals surface area contributed by atoms with Gasteiger partial charge in [0.15, 0.2) is 0 Å². The first-order valence-electron chi connectivity index (χ1n) is 7.43. The van der Waals surface area contributed by atoms with Gasteiger partial charge < -0.3 is 14.4 Å². The van der Waals surface area contributed by atoms with E-state index in [1.54, 1.807) is 11.8 Å². The van der Waals surface area contributed by atoms with Crippen LogP contribution in [0.4, 0.5) is 4.79 Å². The highest BCUT2D eigenvalue weighted by atomic mass is 16.6. The Bertz CT molecular complexity index is 348. The molecule has 5 nitrogen and oxygen atoms in total. The molecule has 1 heterocycles. The molecule has 0 N–H and O–H groups in total. The number of carbonyl (C=O) groups excluding carboxylic acids is 2. The van der Waals surface area contributed by atoms with Crippen molar-refractivity contribution in [3.63, 3.8) is 0 Å². The number of carbonyl (C=O) groups is 2. The van der Waals surface area contributed by atoms with Crippen molar-refractivity contribution >= 4 is 12.1 Å². The van der Waals surface area contributed by atoms with Gasteiger partial charge in [0.05, 0.1) is 12.5 Å². The molecule has 1 fully saturated rings. The van der Waals surface area contributed by atoms with E-state index in [9.17, 15) is 9.59 Å². The second-order valence-corrected chi connectivity index (χ2v) is 6.24. The van der Waals surface area contributed by atoms with Crippen molar-refractivity contribution in [2.24, 2.45) is 11.8 Å². The van der Waals surface area contributed by atoms with Crippen LogP contribution in [0.25, 0.3) is 0 Å². The number of hydrogen-bond donors (Lipinski definition) is 0. The molecule has 1 aliphatic heterocycles. The van der Waals surface area contributed by atoms with Gasteiger partial charge in [0, 0.05) is 13.1 Å². The monoisotopic (exact) mass is 285 g/mol. The summed E-state index contributed by atoms with van der Waals surface area (Å²) in [5.41, 5.74) is -0.516. The molecule has 2 unspecified atom stereocenters. The Labute approximate surface area is 121 Å². The van der Waals surface area contributed by atoms with Gasteiger partial charge in [0.2, 0.25) is 0 Å². The molecule has 2 atom stereocenters. The third kappa shape index (κ3) is 4.69. The van der Waals surface area contributed by atoms with Crippen LogP contribution in [-0.2, 0) is 14.3 Å². The smallest absolute Gasteiger partial charge is 0.410 e. The van der Waals surface area contributed by atoms with Crippen molar-refractivity contribution in [3.05, 3.63) is 0 Å². The molecule has 0 spiro atoms. The van der Waals surface area contributed by atoms with Crippen LogP contribution in [0.1, 0.15) is 47.5 Å². The Kier molecular flexibility index (Phi) is 5.84. The first kappa shape index (κ1) is 16.8. The van der Waals surface area contributed by atoms with Gasteiger partial charge in [0.1, 0.15) is 5.60 Å². The van der Waals surface area contributed by atoms with Crippen LogP contribution < -0.4 is 0 Å². The minimum atomic E-state index is -0.516. The van der Waals surface area contributed by atoms with Crippen LogP contribution >= 0.6 is 0 Å². The van der Waals surface area contributed by atoms with E-state index in [4.69, 9.17) is 9.47 Å². The third-order valence-corrected chi connectivity index (χ3v) is 3.52. The van der Waals surface area contributed by atoms with Gasteiger partial charge in [0.25, 0.3) is 0 Å². The summed E-state index contributed by atoms with van der Waals surface area (Å²) in [6, 6.07) is 0. The first-order valence-corrected chi connectivity index (χ1v) is 7.43. The number of ether oxygens (including phenoxy) is 2. The molecule has 0 radical (unpaired) electrons. The van der Waals surface area contributed by atoms with Crippen molar-refractivity contribution < 1.29 is 19.1 Å². The molecule has 0 aromatic carbocycles. The van der Waals surface area contributed by atoms with E-state index < -0.39 is 5.60 Å². The van der Waals surface area contributed by atoms with Crippen molar-refractivity contribution in [2.75, 3.05) is 19.7 Å². The summed E-state index contributed by atoms with van der Waals surface area (Å²) in [6.07, 6.45) is 1.39. The molecule has 0 aromatic rings. The second-order valence-electron chi connectivity index (χ2n) is 6.24. The predicted octanol–water partition coefficient (Wildman–Crippen LogP) is 2.83. The average molecular weight is 285 g/mol. The molecule has 0 aliphatic carbocycles. The second kappa shape index (κ2) is 6.95. The van der Waals surface area contributed by atoms with Crippen LogP contribution in [0.2, 0.25) is 0 Å². The highest BCUT2D eigenvalue weighted by Gasteiger charge is 2.37. The molecular formula is C15H27NO4. The van der Waals surface area contributed by atoms with Crippen LogP contribution in [0, 0.1) is 11.8 Å². The van der Waals surface area contributed by atoms with Crippen molar-refractivity contribution in [1.29, 1.82) is 0 Å². The summed E-state index contributed by atoms with van der Waals surface area (Å²) >= 11 is 0. The summed E-state index contributed by atoms with van der Waals surface area (Å²) in [4.78, 5) is 25.7.